The van der Waals surface area contributed by atoms with Gasteiger partial charge in [-0.1, -0.05) is 0 Å². The van der Waals surface area contributed by atoms with Gasteiger partial charge in [0.15, 0.2) is 5.82 Å². The minimum Gasteiger partial charge on any atom is -0.322 e. The normalized spacial score (nSPS) is 11.1. The minimum atomic E-state index is 0.740. The van der Waals surface area contributed by atoms with E-state index in [4.69, 9.17) is 0 Å². The van der Waals surface area contributed by atoms with E-state index in [1.807, 2.05) is 44.7 Å². The standard InChI is InChI=1S/C17H15N5S2/c1-9-4-12(6-18-5-9)13-7-19-17(15-16(13)24-11(3)21-15)22-14-8-23-10(2)20-14/h4-8H,1-3H3,(H,19,22). The summed E-state index contributed by atoms with van der Waals surface area (Å²) in [7, 11) is 0. The quantitative estimate of drug-likeness (QED) is 0.569. The molecule has 0 unspecified atom stereocenters. The third-order valence-corrected chi connectivity index (χ3v) is 5.35. The number of hydrogen-bond acceptors (Lipinski definition) is 7. The zero-order valence-electron chi connectivity index (χ0n) is 13.5. The van der Waals surface area contributed by atoms with Crippen LogP contribution in [0.4, 0.5) is 11.6 Å². The van der Waals surface area contributed by atoms with Crippen LogP contribution in [0.15, 0.2) is 30.0 Å². The summed E-state index contributed by atoms with van der Waals surface area (Å²) < 4.78 is 1.12. The molecule has 4 aromatic heterocycles. The molecule has 1 N–H and O–H groups in total. The molecule has 0 spiro atoms. The van der Waals surface area contributed by atoms with Crippen molar-refractivity contribution in [3.63, 3.8) is 0 Å². The molecule has 0 aliphatic carbocycles. The number of aryl methyl sites for hydroxylation is 3. The van der Waals surface area contributed by atoms with Gasteiger partial charge in [0.2, 0.25) is 0 Å². The number of nitrogens with zero attached hydrogens (tertiary/aromatic N) is 4. The van der Waals surface area contributed by atoms with Gasteiger partial charge in [0.1, 0.15) is 11.3 Å². The summed E-state index contributed by atoms with van der Waals surface area (Å²) in [6.07, 6.45) is 5.61. The number of aromatic nitrogens is 4. The van der Waals surface area contributed by atoms with E-state index >= 15 is 0 Å². The van der Waals surface area contributed by atoms with E-state index in [2.05, 4.69) is 31.3 Å². The highest BCUT2D eigenvalue weighted by Crippen LogP contribution is 2.36. The van der Waals surface area contributed by atoms with Crippen molar-refractivity contribution in [3.05, 3.63) is 45.6 Å². The number of fused-ring (bicyclic) bond motifs is 1. The summed E-state index contributed by atoms with van der Waals surface area (Å²) in [6.45, 7) is 6.04. The van der Waals surface area contributed by atoms with Crippen LogP contribution in [0.2, 0.25) is 0 Å². The molecule has 0 atom stereocenters. The monoisotopic (exact) mass is 353 g/mol. The molecule has 0 amide bonds. The molecule has 0 aliphatic rings. The lowest BCUT2D eigenvalue weighted by Gasteiger charge is -2.07. The molecule has 120 valence electrons. The highest BCUT2D eigenvalue weighted by molar-refractivity contribution is 7.19. The number of nitrogens with one attached hydrogen (secondary N) is 1. The molecule has 7 heteroatoms. The van der Waals surface area contributed by atoms with Gasteiger partial charge < -0.3 is 5.32 Å². The Morgan fingerprint density at radius 3 is 2.62 bits per heavy atom. The Morgan fingerprint density at radius 1 is 1.00 bits per heavy atom. The molecule has 0 bridgehead atoms. The number of hydrogen-bond donors (Lipinski definition) is 1. The predicted octanol–water partition coefficient (Wildman–Crippen LogP) is 4.88. The number of rotatable bonds is 3. The zero-order chi connectivity index (χ0) is 16.7. The smallest absolute Gasteiger partial charge is 0.159 e. The Morgan fingerprint density at radius 2 is 1.88 bits per heavy atom. The van der Waals surface area contributed by atoms with E-state index in [1.165, 1.54) is 0 Å². The second-order valence-corrected chi connectivity index (χ2v) is 7.82. The SMILES string of the molecule is Cc1cncc(-c2cnc(Nc3csc(C)n3)c3nc(C)sc23)c1. The minimum absolute atomic E-state index is 0.740. The maximum Gasteiger partial charge on any atom is 0.159 e. The van der Waals surface area contributed by atoms with Crippen molar-refractivity contribution in [3.8, 4) is 11.1 Å². The molecule has 4 heterocycles. The molecular weight excluding hydrogens is 338 g/mol. The fraction of sp³-hybridized carbons (Fsp3) is 0.176. The van der Waals surface area contributed by atoms with Crippen molar-refractivity contribution < 1.29 is 0 Å². The van der Waals surface area contributed by atoms with E-state index in [-0.39, 0.29) is 0 Å². The summed E-state index contributed by atoms with van der Waals surface area (Å²) in [5.74, 6) is 1.55. The van der Waals surface area contributed by atoms with E-state index in [1.54, 1.807) is 22.7 Å². The fourth-order valence-electron chi connectivity index (χ4n) is 2.56. The van der Waals surface area contributed by atoms with E-state index in [0.29, 0.717) is 0 Å². The number of pyridine rings is 2. The highest BCUT2D eigenvalue weighted by atomic mass is 32.1. The molecule has 0 fully saturated rings. The van der Waals surface area contributed by atoms with Crippen LogP contribution in [0.1, 0.15) is 15.6 Å². The Balaban J connectivity index is 1.85. The van der Waals surface area contributed by atoms with Gasteiger partial charge in [-0.05, 0) is 32.4 Å². The van der Waals surface area contributed by atoms with Gasteiger partial charge in [-0.3, -0.25) is 4.98 Å². The van der Waals surface area contributed by atoms with Crippen LogP contribution in [0, 0.1) is 20.8 Å². The molecule has 0 radical (unpaired) electrons. The second-order valence-electron chi connectivity index (χ2n) is 5.56. The molecule has 4 rings (SSSR count). The van der Waals surface area contributed by atoms with Crippen molar-refractivity contribution >= 4 is 44.5 Å². The van der Waals surface area contributed by atoms with Crippen LogP contribution < -0.4 is 5.32 Å². The first-order valence-corrected chi connectivity index (χ1v) is 9.17. The van der Waals surface area contributed by atoms with Gasteiger partial charge in [-0.15, -0.1) is 22.7 Å². The maximum absolute atomic E-state index is 4.67. The summed E-state index contributed by atoms with van der Waals surface area (Å²) in [5, 5.41) is 7.31. The molecule has 5 nitrogen and oxygen atoms in total. The number of thiazole rings is 2. The van der Waals surface area contributed by atoms with Gasteiger partial charge in [-0.2, -0.15) is 0 Å². The average Bonchev–Trinajstić information content (AvgIpc) is 3.13. The Kier molecular flexibility index (Phi) is 3.74. The zero-order valence-corrected chi connectivity index (χ0v) is 15.1. The van der Waals surface area contributed by atoms with E-state index < -0.39 is 0 Å². The van der Waals surface area contributed by atoms with Crippen molar-refractivity contribution in [2.24, 2.45) is 0 Å². The topological polar surface area (TPSA) is 63.6 Å². The lowest BCUT2D eigenvalue weighted by Crippen LogP contribution is -1.96. The summed E-state index contributed by atoms with van der Waals surface area (Å²) in [6, 6.07) is 2.12. The lowest BCUT2D eigenvalue weighted by molar-refractivity contribution is 1.24. The fourth-order valence-corrected chi connectivity index (χ4v) is 4.06. The van der Waals surface area contributed by atoms with Crippen molar-refractivity contribution in [1.29, 1.82) is 0 Å². The molecule has 0 aromatic carbocycles. The molecule has 0 aliphatic heterocycles. The second kappa shape index (κ2) is 5.92. The van der Waals surface area contributed by atoms with E-state index in [9.17, 15) is 0 Å². The molecule has 4 aromatic rings. The van der Waals surface area contributed by atoms with Crippen molar-refractivity contribution in [2.45, 2.75) is 20.8 Å². The summed E-state index contributed by atoms with van der Waals surface area (Å²) in [4.78, 5) is 18.0. The van der Waals surface area contributed by atoms with Crippen LogP contribution in [0.3, 0.4) is 0 Å². The van der Waals surface area contributed by atoms with Crippen molar-refractivity contribution in [1.82, 2.24) is 19.9 Å². The highest BCUT2D eigenvalue weighted by Gasteiger charge is 2.15. The van der Waals surface area contributed by atoms with Gasteiger partial charge in [0.25, 0.3) is 0 Å². The third kappa shape index (κ3) is 2.76. The number of anilines is 2. The van der Waals surface area contributed by atoms with Crippen LogP contribution in [0.25, 0.3) is 21.3 Å². The largest absolute Gasteiger partial charge is 0.322 e. The third-order valence-electron chi connectivity index (χ3n) is 3.58. The molecule has 0 saturated heterocycles. The van der Waals surface area contributed by atoms with Crippen LogP contribution in [0.5, 0.6) is 0 Å². The maximum atomic E-state index is 4.67. The van der Waals surface area contributed by atoms with Gasteiger partial charge >= 0.3 is 0 Å². The molecule has 0 saturated carbocycles. The van der Waals surface area contributed by atoms with Crippen molar-refractivity contribution in [2.75, 3.05) is 5.32 Å². The summed E-state index contributed by atoms with van der Waals surface area (Å²) >= 11 is 3.28. The van der Waals surface area contributed by atoms with E-state index in [0.717, 1.165) is 48.6 Å². The average molecular weight is 353 g/mol. The van der Waals surface area contributed by atoms with Crippen LogP contribution >= 0.6 is 22.7 Å². The molecular formula is C17H15N5S2. The predicted molar refractivity (Wildman–Crippen MR) is 100 cm³/mol. The first-order valence-electron chi connectivity index (χ1n) is 7.47. The lowest BCUT2D eigenvalue weighted by atomic mass is 10.1. The summed E-state index contributed by atoms with van der Waals surface area (Å²) in [5.41, 5.74) is 4.13. The van der Waals surface area contributed by atoms with Crippen LogP contribution in [-0.2, 0) is 0 Å². The first-order chi connectivity index (χ1) is 11.6. The van der Waals surface area contributed by atoms with Gasteiger partial charge in [-0.25, -0.2) is 15.0 Å². The molecule has 24 heavy (non-hydrogen) atoms. The van der Waals surface area contributed by atoms with Crippen LogP contribution in [-0.4, -0.2) is 19.9 Å². The van der Waals surface area contributed by atoms with Gasteiger partial charge in [0.05, 0.1) is 14.7 Å². The Labute approximate surface area is 147 Å². The Hall–Kier alpha value is -2.38. The van der Waals surface area contributed by atoms with Gasteiger partial charge in [0, 0.05) is 35.1 Å². The Bertz CT molecular complexity index is 1030. The first kappa shape index (κ1) is 15.2.